The first-order chi connectivity index (χ1) is 16.1. The van der Waals surface area contributed by atoms with Gasteiger partial charge in [-0.15, -0.1) is 22.7 Å². The fourth-order valence-electron chi connectivity index (χ4n) is 3.41. The van der Waals surface area contributed by atoms with Gasteiger partial charge in [0, 0.05) is 17.5 Å². The molecule has 0 aliphatic carbocycles. The molecule has 170 valence electrons. The first kappa shape index (κ1) is 23.2. The second-order valence-electron chi connectivity index (χ2n) is 7.43. The van der Waals surface area contributed by atoms with Crippen molar-refractivity contribution in [3.8, 4) is 9.88 Å². The van der Waals surface area contributed by atoms with E-state index >= 15 is 0 Å². The fourth-order valence-corrected chi connectivity index (χ4v) is 5.46. The number of benzene rings is 2. The van der Waals surface area contributed by atoms with Crippen molar-refractivity contribution in [2.45, 2.75) is 25.3 Å². The van der Waals surface area contributed by atoms with E-state index in [9.17, 15) is 13.2 Å². The summed E-state index contributed by atoms with van der Waals surface area (Å²) in [6, 6.07) is 20.8. The molecule has 33 heavy (non-hydrogen) atoms. The van der Waals surface area contributed by atoms with Crippen molar-refractivity contribution >= 4 is 45.2 Å². The lowest BCUT2D eigenvalue weighted by Crippen LogP contribution is -2.30. The molecule has 2 N–H and O–H groups in total. The molecule has 0 fully saturated rings. The summed E-state index contributed by atoms with van der Waals surface area (Å²) in [4.78, 5) is 18.7. The van der Waals surface area contributed by atoms with Crippen LogP contribution in [0.4, 0.5) is 5.69 Å². The number of nitrogens with one attached hydrogen (secondary N) is 2. The summed E-state index contributed by atoms with van der Waals surface area (Å²) in [6.07, 6.45) is 1.61. The molecule has 2 heterocycles. The highest BCUT2D eigenvalue weighted by Crippen LogP contribution is 2.30. The largest absolute Gasteiger partial charge is 0.347 e. The van der Waals surface area contributed by atoms with E-state index in [0.717, 1.165) is 26.7 Å². The average molecular weight is 498 g/mol. The number of hydrogen-bond acceptors (Lipinski definition) is 6. The van der Waals surface area contributed by atoms with Crippen LogP contribution >= 0.6 is 22.7 Å². The van der Waals surface area contributed by atoms with Crippen LogP contribution in [0, 0.1) is 0 Å². The van der Waals surface area contributed by atoms with Crippen molar-refractivity contribution in [3.63, 3.8) is 0 Å². The Balaban J connectivity index is 1.49. The summed E-state index contributed by atoms with van der Waals surface area (Å²) in [6.45, 7) is 0. The second-order valence-corrected chi connectivity index (χ2v) is 9.97. The van der Waals surface area contributed by atoms with Crippen molar-refractivity contribution in [2.24, 2.45) is 0 Å². The van der Waals surface area contributed by atoms with E-state index in [4.69, 9.17) is 4.98 Å². The van der Waals surface area contributed by atoms with Gasteiger partial charge in [0.05, 0.1) is 16.6 Å². The number of thiol groups is 1. The van der Waals surface area contributed by atoms with Crippen LogP contribution in [0.1, 0.15) is 29.3 Å². The number of amides is 1. The molecule has 0 aliphatic heterocycles. The number of aromatic nitrogens is 1. The third-order valence-electron chi connectivity index (χ3n) is 5.04. The Hall–Kier alpha value is -3.01. The van der Waals surface area contributed by atoms with Gasteiger partial charge in [-0.2, -0.15) is 0 Å². The second kappa shape index (κ2) is 11.2. The van der Waals surface area contributed by atoms with E-state index < -0.39 is 10.9 Å². The lowest BCUT2D eigenvalue weighted by molar-refractivity contribution is -0.121. The normalized spacial score (nSPS) is 11.9. The maximum atomic E-state index is 12.8. The molecule has 2 aromatic carbocycles. The summed E-state index contributed by atoms with van der Waals surface area (Å²) in [5, 5.41) is 8.10. The topological polar surface area (TPSA) is 88.2 Å². The fraction of sp³-hybridized carbons (Fsp3) is 0.167. The number of hydrogen-bond donors (Lipinski definition) is 3. The number of nitrogens with zero attached hydrogens (tertiary/aromatic N) is 1. The van der Waals surface area contributed by atoms with Crippen LogP contribution in [-0.2, 0) is 28.5 Å². The van der Waals surface area contributed by atoms with Gasteiger partial charge in [0.1, 0.15) is 5.01 Å². The van der Waals surface area contributed by atoms with Gasteiger partial charge in [-0.25, -0.2) is 13.4 Å². The summed E-state index contributed by atoms with van der Waals surface area (Å²) >= 11 is 3.20. The first-order valence-corrected chi connectivity index (χ1v) is 13.3. The third-order valence-corrected chi connectivity index (χ3v) is 7.38. The number of anilines is 1. The maximum Gasteiger partial charge on any atom is 0.222 e. The lowest BCUT2D eigenvalue weighted by Gasteiger charge is -2.17. The van der Waals surface area contributed by atoms with Crippen LogP contribution in [0.15, 0.2) is 77.5 Å². The Morgan fingerprint density at radius 3 is 2.42 bits per heavy atom. The van der Waals surface area contributed by atoms with Crippen molar-refractivity contribution in [3.05, 3.63) is 94.3 Å². The predicted molar refractivity (Wildman–Crippen MR) is 135 cm³/mol. The van der Waals surface area contributed by atoms with Gasteiger partial charge in [-0.3, -0.25) is 9.52 Å². The predicted octanol–water partition coefficient (Wildman–Crippen LogP) is 4.84. The molecule has 4 aromatic rings. The van der Waals surface area contributed by atoms with Crippen molar-refractivity contribution in [2.75, 3.05) is 4.72 Å². The van der Waals surface area contributed by atoms with Gasteiger partial charge in [-0.1, -0.05) is 48.5 Å². The molecule has 6 nitrogen and oxygen atoms in total. The average Bonchev–Trinajstić information content (AvgIpc) is 3.51. The molecular weight excluding hydrogens is 474 g/mol. The molecule has 1 atom stereocenters. The number of thiophene rings is 1. The van der Waals surface area contributed by atoms with Crippen LogP contribution in [0.25, 0.3) is 9.88 Å². The molecule has 0 radical (unpaired) electrons. The minimum atomic E-state index is -2.70. The number of thiazole rings is 1. The lowest BCUT2D eigenvalue weighted by atomic mass is 10.0. The summed E-state index contributed by atoms with van der Waals surface area (Å²) in [7, 11) is -2.70. The van der Waals surface area contributed by atoms with Gasteiger partial charge in [0.15, 0.2) is 0 Å². The van der Waals surface area contributed by atoms with Gasteiger partial charge in [-0.05, 0) is 47.5 Å². The number of carbonyl (C=O) groups is 1. The monoisotopic (exact) mass is 497 g/mol. The van der Waals surface area contributed by atoms with Crippen LogP contribution in [0.5, 0.6) is 0 Å². The third kappa shape index (κ3) is 6.74. The van der Waals surface area contributed by atoms with Gasteiger partial charge < -0.3 is 5.32 Å². The zero-order valence-electron chi connectivity index (χ0n) is 17.6. The minimum absolute atomic E-state index is 0.0313. The number of rotatable bonds is 10. The quantitative estimate of drug-likeness (QED) is 0.274. The van der Waals surface area contributed by atoms with E-state index in [1.54, 1.807) is 34.8 Å². The Morgan fingerprint density at radius 1 is 0.939 bits per heavy atom. The molecule has 1 amide bonds. The zero-order valence-corrected chi connectivity index (χ0v) is 20.2. The SMILES string of the molecule is O=C(CCc1ccccc1)N[C@@H](Cc1ccc(N[SH](=O)=O)cc1)c1csc(-c2cccs2)n1. The highest BCUT2D eigenvalue weighted by Gasteiger charge is 2.19. The number of aryl methyl sites for hydroxylation is 1. The van der Waals surface area contributed by atoms with E-state index in [1.807, 2.05) is 65.4 Å². The van der Waals surface area contributed by atoms with Crippen LogP contribution in [-0.4, -0.2) is 19.3 Å². The van der Waals surface area contributed by atoms with E-state index in [1.165, 1.54) is 0 Å². The molecule has 0 aliphatic rings. The van der Waals surface area contributed by atoms with Crippen LogP contribution in [0.3, 0.4) is 0 Å². The van der Waals surface area contributed by atoms with Crippen molar-refractivity contribution in [1.29, 1.82) is 0 Å². The Morgan fingerprint density at radius 2 is 1.73 bits per heavy atom. The van der Waals surface area contributed by atoms with Gasteiger partial charge in [0.2, 0.25) is 16.8 Å². The van der Waals surface area contributed by atoms with E-state index in [-0.39, 0.29) is 11.9 Å². The zero-order chi connectivity index (χ0) is 23.0. The van der Waals surface area contributed by atoms with E-state index in [2.05, 4.69) is 10.0 Å². The molecule has 0 bridgehead atoms. The molecule has 4 rings (SSSR count). The van der Waals surface area contributed by atoms with Crippen molar-refractivity contribution < 1.29 is 13.2 Å². The van der Waals surface area contributed by atoms with E-state index in [0.29, 0.717) is 24.9 Å². The minimum Gasteiger partial charge on any atom is -0.347 e. The summed E-state index contributed by atoms with van der Waals surface area (Å²) in [5.74, 6) is -0.0313. The molecule has 9 heteroatoms. The molecular formula is C24H23N3O3S3. The first-order valence-electron chi connectivity index (χ1n) is 10.4. The highest BCUT2D eigenvalue weighted by molar-refractivity contribution is 7.73. The Labute approximate surface area is 202 Å². The van der Waals surface area contributed by atoms with Crippen LogP contribution in [0.2, 0.25) is 0 Å². The summed E-state index contributed by atoms with van der Waals surface area (Å²) < 4.78 is 24.1. The number of carbonyl (C=O) groups excluding carboxylic acids is 1. The summed E-state index contributed by atoms with van der Waals surface area (Å²) in [5.41, 5.74) is 3.42. The molecule has 0 saturated carbocycles. The standard InChI is InChI=1S/C24H23N3O3S3/c28-23(13-10-17-5-2-1-3-6-17)25-20(15-18-8-11-19(12-9-18)27-33(29)30)21-16-32-24(26-21)22-7-4-14-31-22/h1-9,11-12,14,16,20,33H,10,13,15H2,(H,25,28)(H,27,29,30)/t20-/m0/s1. The van der Waals surface area contributed by atoms with Gasteiger partial charge in [0.25, 0.3) is 0 Å². The maximum absolute atomic E-state index is 12.8. The molecule has 0 spiro atoms. The van der Waals surface area contributed by atoms with Crippen molar-refractivity contribution in [1.82, 2.24) is 10.3 Å². The highest BCUT2D eigenvalue weighted by atomic mass is 32.2. The Bertz CT molecular complexity index is 1240. The molecule has 0 unspecified atom stereocenters. The molecule has 2 aromatic heterocycles. The smallest absolute Gasteiger partial charge is 0.222 e. The molecule has 0 saturated heterocycles. The van der Waals surface area contributed by atoms with Crippen LogP contribution < -0.4 is 10.0 Å². The van der Waals surface area contributed by atoms with Gasteiger partial charge >= 0.3 is 0 Å². The Kier molecular flexibility index (Phi) is 7.87.